The van der Waals surface area contributed by atoms with Crippen LogP contribution < -0.4 is 5.73 Å². The molecular weight excluding hydrogens is 683 g/mol. The molecule has 0 aliphatic heterocycles. The number of nitrogens with two attached hydrogens (primary N) is 1. The molecule has 0 saturated heterocycles. The van der Waals surface area contributed by atoms with Crippen LogP contribution in [-0.4, -0.2) is 17.1 Å². The lowest BCUT2D eigenvalue weighted by atomic mass is 10.00. The zero-order chi connectivity index (χ0) is 41.1. The summed E-state index contributed by atoms with van der Waals surface area (Å²) in [5.41, 5.74) is 6.39. The van der Waals surface area contributed by atoms with E-state index in [2.05, 4.69) is 20.8 Å². The van der Waals surface area contributed by atoms with Crippen LogP contribution in [0.3, 0.4) is 0 Å². The minimum Gasteiger partial charge on any atom is -0.481 e. The van der Waals surface area contributed by atoms with E-state index < -0.39 is 5.97 Å². The van der Waals surface area contributed by atoms with Crippen molar-refractivity contribution in [1.82, 2.24) is 0 Å². The van der Waals surface area contributed by atoms with Crippen molar-refractivity contribution in [3.05, 3.63) is 0 Å². The maximum absolute atomic E-state index is 10.3. The average molecular weight is 792 g/mol. The van der Waals surface area contributed by atoms with Gasteiger partial charge < -0.3 is 10.8 Å². The van der Waals surface area contributed by atoms with E-state index in [0.717, 1.165) is 12.8 Å². The highest BCUT2D eigenvalue weighted by molar-refractivity contribution is 5.66. The van der Waals surface area contributed by atoms with E-state index in [0.29, 0.717) is 12.5 Å². The van der Waals surface area contributed by atoms with E-state index >= 15 is 0 Å². The first-order valence-electron chi connectivity index (χ1n) is 26.6. The Kier molecular flexibility index (Phi) is 55.9. The molecule has 0 heterocycles. The Labute approximate surface area is 355 Å². The number of hydrogen-bond donors (Lipinski definition) is 2. The van der Waals surface area contributed by atoms with Gasteiger partial charge in [0.2, 0.25) is 0 Å². The van der Waals surface area contributed by atoms with Crippen LogP contribution in [0.25, 0.3) is 0 Å². The summed E-state index contributed by atoms with van der Waals surface area (Å²) < 4.78 is 0. The summed E-state index contributed by atoms with van der Waals surface area (Å²) in [6, 6.07) is 0.466. The summed E-state index contributed by atoms with van der Waals surface area (Å²) in [5.74, 6) is -0.655. The summed E-state index contributed by atoms with van der Waals surface area (Å²) in [6.07, 6.45) is 66.1. The summed E-state index contributed by atoms with van der Waals surface area (Å²) in [6.45, 7) is 6.87. The van der Waals surface area contributed by atoms with E-state index in [-0.39, 0.29) is 0 Å². The van der Waals surface area contributed by atoms with Gasteiger partial charge in [0.05, 0.1) is 0 Å². The predicted molar refractivity (Wildman–Crippen MR) is 254 cm³/mol. The van der Waals surface area contributed by atoms with Gasteiger partial charge in [0.15, 0.2) is 0 Å². The fraction of sp³-hybridized carbons (Fsp3) is 0.981. The molecule has 0 saturated carbocycles. The highest BCUT2D eigenvalue weighted by Crippen LogP contribution is 2.18. The third-order valence-corrected chi connectivity index (χ3v) is 12.4. The summed E-state index contributed by atoms with van der Waals surface area (Å²) in [7, 11) is 0. The molecule has 338 valence electrons. The Bertz CT molecular complexity index is 645. The normalized spacial score (nSPS) is 11.4. The monoisotopic (exact) mass is 792 g/mol. The van der Waals surface area contributed by atoms with Gasteiger partial charge in [0, 0.05) is 12.5 Å². The van der Waals surface area contributed by atoms with Crippen LogP contribution in [0.4, 0.5) is 0 Å². The van der Waals surface area contributed by atoms with Crippen molar-refractivity contribution >= 4 is 5.97 Å². The second-order valence-electron chi connectivity index (χ2n) is 18.3. The topological polar surface area (TPSA) is 63.3 Å². The van der Waals surface area contributed by atoms with Gasteiger partial charge >= 0.3 is 5.97 Å². The van der Waals surface area contributed by atoms with Gasteiger partial charge in [0.1, 0.15) is 0 Å². The van der Waals surface area contributed by atoms with Gasteiger partial charge in [-0.2, -0.15) is 0 Å². The third kappa shape index (κ3) is 57.8. The van der Waals surface area contributed by atoms with Crippen LogP contribution in [0.2, 0.25) is 0 Å². The highest BCUT2D eigenvalue weighted by atomic mass is 16.4. The third-order valence-electron chi connectivity index (χ3n) is 12.4. The maximum Gasteiger partial charge on any atom is 0.303 e. The number of hydrogen-bond acceptors (Lipinski definition) is 2. The standard InChI is InChI=1S/C37H77N.C16H32O2/c1-3-5-7-9-11-13-15-17-19-21-23-25-27-29-31-33-35-37(38)36-34-32-30-28-26-24-22-20-18-16-14-12-10-8-6-4-2;1-2-3-4-5-6-7-8-9-10-11-12-13-14-15-16(17)18/h37H,3-36,38H2,1-2H3;2-15H2,1H3,(H,17,18). The van der Waals surface area contributed by atoms with Gasteiger partial charge in [-0.05, 0) is 19.3 Å². The molecule has 0 fully saturated rings. The lowest BCUT2D eigenvalue weighted by molar-refractivity contribution is -0.137. The fourth-order valence-electron chi connectivity index (χ4n) is 8.35. The number of unbranched alkanes of at least 4 members (excludes halogenated alkanes) is 42. The molecule has 0 rings (SSSR count). The van der Waals surface area contributed by atoms with E-state index in [4.69, 9.17) is 10.8 Å². The second kappa shape index (κ2) is 54.4. The molecule has 3 heteroatoms. The maximum atomic E-state index is 10.3. The Hall–Kier alpha value is -0.570. The van der Waals surface area contributed by atoms with Crippen LogP contribution in [0.1, 0.15) is 329 Å². The first-order valence-corrected chi connectivity index (χ1v) is 26.6. The van der Waals surface area contributed by atoms with Crippen LogP contribution >= 0.6 is 0 Å². The molecule has 0 bridgehead atoms. The zero-order valence-corrected chi connectivity index (χ0v) is 39.5. The average Bonchev–Trinajstić information content (AvgIpc) is 3.19. The smallest absolute Gasteiger partial charge is 0.303 e. The van der Waals surface area contributed by atoms with Gasteiger partial charge in [-0.3, -0.25) is 4.79 Å². The zero-order valence-electron chi connectivity index (χ0n) is 39.5. The Morgan fingerprint density at radius 3 is 0.643 bits per heavy atom. The van der Waals surface area contributed by atoms with Crippen LogP contribution in [0.5, 0.6) is 0 Å². The quantitative estimate of drug-likeness (QED) is 0.0603. The minimum atomic E-state index is -0.655. The fourth-order valence-corrected chi connectivity index (χ4v) is 8.35. The molecule has 0 aliphatic carbocycles. The Morgan fingerprint density at radius 2 is 0.464 bits per heavy atom. The molecule has 0 aromatic carbocycles. The summed E-state index contributed by atoms with van der Waals surface area (Å²) >= 11 is 0. The first kappa shape index (κ1) is 57.5. The molecule has 0 radical (unpaired) electrons. The lowest BCUT2D eigenvalue weighted by Crippen LogP contribution is -2.19. The lowest BCUT2D eigenvalue weighted by Gasteiger charge is -2.11. The van der Waals surface area contributed by atoms with Crippen LogP contribution in [0, 0.1) is 0 Å². The van der Waals surface area contributed by atoms with Gasteiger partial charge in [0.25, 0.3) is 0 Å². The number of rotatable bonds is 48. The Morgan fingerprint density at radius 1 is 0.304 bits per heavy atom. The van der Waals surface area contributed by atoms with Crippen molar-refractivity contribution in [2.24, 2.45) is 5.73 Å². The van der Waals surface area contributed by atoms with Crippen molar-refractivity contribution in [3.63, 3.8) is 0 Å². The summed E-state index contributed by atoms with van der Waals surface area (Å²) in [5, 5.41) is 8.49. The van der Waals surface area contributed by atoms with Crippen LogP contribution in [0.15, 0.2) is 0 Å². The molecule has 3 nitrogen and oxygen atoms in total. The largest absolute Gasteiger partial charge is 0.481 e. The molecule has 0 spiro atoms. The van der Waals surface area contributed by atoms with E-state index in [1.165, 1.54) is 289 Å². The molecular formula is C53H109NO2. The van der Waals surface area contributed by atoms with E-state index in [1.54, 1.807) is 0 Å². The number of aliphatic carboxylic acids is 1. The highest BCUT2D eigenvalue weighted by Gasteiger charge is 2.03. The molecule has 56 heavy (non-hydrogen) atoms. The Balaban J connectivity index is 0. The van der Waals surface area contributed by atoms with Crippen molar-refractivity contribution in [2.75, 3.05) is 0 Å². The van der Waals surface area contributed by atoms with Gasteiger partial charge in [-0.25, -0.2) is 0 Å². The molecule has 0 amide bonds. The number of carbonyl (C=O) groups is 1. The minimum absolute atomic E-state index is 0.345. The molecule has 0 atom stereocenters. The van der Waals surface area contributed by atoms with Crippen molar-refractivity contribution in [3.8, 4) is 0 Å². The molecule has 0 aromatic rings. The molecule has 0 aliphatic rings. The predicted octanol–water partition coefficient (Wildman–Crippen LogP) is 19.2. The van der Waals surface area contributed by atoms with Crippen molar-refractivity contribution < 1.29 is 9.90 Å². The van der Waals surface area contributed by atoms with Crippen molar-refractivity contribution in [2.45, 2.75) is 335 Å². The first-order chi connectivity index (χ1) is 27.6. The summed E-state index contributed by atoms with van der Waals surface area (Å²) in [4.78, 5) is 10.3. The van der Waals surface area contributed by atoms with E-state index in [9.17, 15) is 4.79 Å². The SMILES string of the molecule is CCCCCCCCCCCCCCCC(=O)O.CCCCCCCCCCCCCCCCCCC(N)CCCCCCCCCCCCCCCCCC. The van der Waals surface area contributed by atoms with Gasteiger partial charge in [-0.1, -0.05) is 303 Å². The van der Waals surface area contributed by atoms with Gasteiger partial charge in [-0.15, -0.1) is 0 Å². The second-order valence-corrected chi connectivity index (χ2v) is 18.3. The number of carboxylic acid groups (broad SMARTS) is 1. The van der Waals surface area contributed by atoms with Crippen molar-refractivity contribution in [1.29, 1.82) is 0 Å². The number of carboxylic acids is 1. The van der Waals surface area contributed by atoms with Crippen LogP contribution in [-0.2, 0) is 4.79 Å². The molecule has 0 unspecified atom stereocenters. The molecule has 0 aromatic heterocycles. The van der Waals surface area contributed by atoms with E-state index in [1.807, 2.05) is 0 Å². The molecule has 3 N–H and O–H groups in total.